The Morgan fingerprint density at radius 2 is 1.87 bits per heavy atom. The molecular weight excluding hydrogens is 184 g/mol. The highest BCUT2D eigenvalue weighted by atomic mass is 15.2. The Labute approximate surface area is 95.4 Å². The van der Waals surface area contributed by atoms with Gasteiger partial charge in [0.1, 0.15) is 0 Å². The lowest BCUT2D eigenvalue weighted by Gasteiger charge is -2.43. The van der Waals surface area contributed by atoms with Gasteiger partial charge in [-0.2, -0.15) is 0 Å². The summed E-state index contributed by atoms with van der Waals surface area (Å²) < 4.78 is 0. The van der Waals surface area contributed by atoms with E-state index in [1.807, 2.05) is 13.8 Å². The molecule has 2 saturated heterocycles. The van der Waals surface area contributed by atoms with Gasteiger partial charge in [-0.15, -0.1) is 0 Å². The molecular formula is C13H28N2. The van der Waals surface area contributed by atoms with Gasteiger partial charge in [0, 0.05) is 25.7 Å². The molecule has 15 heavy (non-hydrogen) atoms. The minimum atomic E-state index is 0.863. The van der Waals surface area contributed by atoms with Crippen molar-refractivity contribution in [3.05, 3.63) is 0 Å². The second kappa shape index (κ2) is 6.49. The van der Waals surface area contributed by atoms with E-state index in [1.54, 1.807) is 0 Å². The van der Waals surface area contributed by atoms with Gasteiger partial charge in [-0.3, -0.25) is 4.90 Å². The molecule has 2 fully saturated rings. The van der Waals surface area contributed by atoms with Gasteiger partial charge in [0.05, 0.1) is 0 Å². The molecule has 0 radical (unpaired) electrons. The molecule has 0 spiro atoms. The Bertz CT molecular complexity index is 164. The van der Waals surface area contributed by atoms with Gasteiger partial charge in [-0.05, 0) is 31.2 Å². The monoisotopic (exact) mass is 212 g/mol. The quantitative estimate of drug-likeness (QED) is 0.756. The Balaban J connectivity index is 0.000000531. The van der Waals surface area contributed by atoms with Crippen molar-refractivity contribution in [2.75, 3.05) is 26.2 Å². The first-order chi connectivity index (χ1) is 7.27. The summed E-state index contributed by atoms with van der Waals surface area (Å²) >= 11 is 0. The van der Waals surface area contributed by atoms with Crippen LogP contribution in [0.1, 0.15) is 40.5 Å². The third-order valence-corrected chi connectivity index (χ3v) is 3.71. The van der Waals surface area contributed by atoms with Crippen molar-refractivity contribution >= 4 is 0 Å². The number of rotatable bonds is 2. The van der Waals surface area contributed by atoms with Crippen LogP contribution in [0, 0.1) is 11.8 Å². The minimum absolute atomic E-state index is 0.863. The molecule has 2 aliphatic heterocycles. The van der Waals surface area contributed by atoms with E-state index in [2.05, 4.69) is 24.1 Å². The molecule has 0 aromatic carbocycles. The molecule has 0 amide bonds. The topological polar surface area (TPSA) is 15.3 Å². The molecule has 2 nitrogen and oxygen atoms in total. The lowest BCUT2D eigenvalue weighted by atomic mass is 9.87. The van der Waals surface area contributed by atoms with E-state index in [9.17, 15) is 0 Å². The Kier molecular flexibility index (Phi) is 5.62. The third-order valence-electron chi connectivity index (χ3n) is 3.71. The fourth-order valence-corrected chi connectivity index (χ4v) is 2.45. The predicted molar refractivity (Wildman–Crippen MR) is 67.1 cm³/mol. The van der Waals surface area contributed by atoms with E-state index in [4.69, 9.17) is 0 Å². The lowest BCUT2D eigenvalue weighted by Crippen LogP contribution is -2.59. The van der Waals surface area contributed by atoms with Gasteiger partial charge in [-0.25, -0.2) is 0 Å². The number of hydrogen-bond donors (Lipinski definition) is 1. The van der Waals surface area contributed by atoms with Crippen LogP contribution in [-0.4, -0.2) is 37.1 Å². The van der Waals surface area contributed by atoms with Crippen molar-refractivity contribution in [1.82, 2.24) is 10.2 Å². The zero-order valence-electron chi connectivity index (χ0n) is 10.9. The van der Waals surface area contributed by atoms with Crippen LogP contribution in [0.25, 0.3) is 0 Å². The van der Waals surface area contributed by atoms with Crippen LogP contribution in [0.15, 0.2) is 0 Å². The first kappa shape index (κ1) is 13.0. The lowest BCUT2D eigenvalue weighted by molar-refractivity contribution is 0.0755. The van der Waals surface area contributed by atoms with Crippen molar-refractivity contribution < 1.29 is 0 Å². The Morgan fingerprint density at radius 1 is 1.20 bits per heavy atom. The van der Waals surface area contributed by atoms with Crippen LogP contribution < -0.4 is 5.32 Å². The van der Waals surface area contributed by atoms with E-state index in [-0.39, 0.29) is 0 Å². The summed E-state index contributed by atoms with van der Waals surface area (Å²) in [6.07, 6.45) is 2.87. The second-order valence-electron chi connectivity index (χ2n) is 4.95. The zero-order chi connectivity index (χ0) is 11.3. The summed E-state index contributed by atoms with van der Waals surface area (Å²) in [4.78, 5) is 2.70. The van der Waals surface area contributed by atoms with Crippen molar-refractivity contribution in [2.24, 2.45) is 11.8 Å². The van der Waals surface area contributed by atoms with Gasteiger partial charge in [0.15, 0.2) is 0 Å². The molecule has 0 bridgehead atoms. The highest BCUT2D eigenvalue weighted by Crippen LogP contribution is 2.25. The molecule has 0 aromatic heterocycles. The van der Waals surface area contributed by atoms with E-state index in [1.165, 1.54) is 39.0 Å². The maximum atomic E-state index is 3.36. The van der Waals surface area contributed by atoms with Crippen LogP contribution in [0.4, 0.5) is 0 Å². The predicted octanol–water partition coefficient (Wildman–Crippen LogP) is 2.35. The van der Waals surface area contributed by atoms with Crippen LogP contribution in [0.3, 0.4) is 0 Å². The molecule has 0 aromatic rings. The normalized spacial score (nSPS) is 28.2. The zero-order valence-corrected chi connectivity index (χ0v) is 10.9. The van der Waals surface area contributed by atoms with Gasteiger partial charge in [0.2, 0.25) is 0 Å². The first-order valence-corrected chi connectivity index (χ1v) is 6.72. The maximum Gasteiger partial charge on any atom is 0.0345 e. The molecule has 0 saturated carbocycles. The van der Waals surface area contributed by atoms with Crippen molar-refractivity contribution in [1.29, 1.82) is 0 Å². The maximum absolute atomic E-state index is 3.36. The Morgan fingerprint density at radius 3 is 2.33 bits per heavy atom. The van der Waals surface area contributed by atoms with Crippen molar-refractivity contribution in [3.8, 4) is 0 Å². The average Bonchev–Trinajstić information content (AvgIpc) is 2.19. The molecule has 2 heterocycles. The van der Waals surface area contributed by atoms with Crippen LogP contribution in [0.2, 0.25) is 0 Å². The summed E-state index contributed by atoms with van der Waals surface area (Å²) in [7, 11) is 0. The minimum Gasteiger partial charge on any atom is -0.314 e. The van der Waals surface area contributed by atoms with E-state index >= 15 is 0 Å². The first-order valence-electron chi connectivity index (χ1n) is 6.72. The number of likely N-dealkylation sites (tertiary alicyclic amines) is 1. The van der Waals surface area contributed by atoms with E-state index in [0.29, 0.717) is 0 Å². The molecule has 2 aliphatic rings. The third kappa shape index (κ3) is 3.46. The fraction of sp³-hybridized carbons (Fsp3) is 1.00. The fourth-order valence-electron chi connectivity index (χ4n) is 2.45. The van der Waals surface area contributed by atoms with Crippen LogP contribution >= 0.6 is 0 Å². The molecule has 2 heteroatoms. The Hall–Kier alpha value is -0.0800. The second-order valence-corrected chi connectivity index (χ2v) is 4.95. The average molecular weight is 212 g/mol. The summed E-state index contributed by atoms with van der Waals surface area (Å²) in [5.41, 5.74) is 0. The van der Waals surface area contributed by atoms with Crippen molar-refractivity contribution in [3.63, 3.8) is 0 Å². The number of hydrogen-bond acceptors (Lipinski definition) is 2. The van der Waals surface area contributed by atoms with Crippen molar-refractivity contribution in [2.45, 2.75) is 46.6 Å². The summed E-state index contributed by atoms with van der Waals surface area (Å²) in [5.74, 6) is 1.82. The van der Waals surface area contributed by atoms with Crippen LogP contribution in [-0.2, 0) is 0 Å². The molecule has 90 valence electrons. The summed E-state index contributed by atoms with van der Waals surface area (Å²) in [6.45, 7) is 13.9. The van der Waals surface area contributed by atoms with Gasteiger partial charge in [0.25, 0.3) is 0 Å². The standard InChI is InChI=1S/C11H22N2.C2H6/c1-9(2)10-4-3-5-13(8-10)11-6-12-7-11;1-2/h9-12H,3-8H2,1-2H3;1-2H3. The number of nitrogens with zero attached hydrogens (tertiary/aromatic N) is 1. The summed E-state index contributed by atoms with van der Waals surface area (Å²) in [6, 6.07) is 0.863. The van der Waals surface area contributed by atoms with Crippen LogP contribution in [0.5, 0.6) is 0 Å². The van der Waals surface area contributed by atoms with Gasteiger partial charge in [-0.1, -0.05) is 27.7 Å². The SMILES string of the molecule is CC.CC(C)C1CCCN(C2CNC2)C1. The smallest absolute Gasteiger partial charge is 0.0345 e. The molecule has 1 N–H and O–H groups in total. The van der Waals surface area contributed by atoms with E-state index in [0.717, 1.165) is 17.9 Å². The molecule has 2 rings (SSSR count). The number of nitrogens with one attached hydrogen (secondary N) is 1. The molecule has 0 aliphatic carbocycles. The highest BCUT2D eigenvalue weighted by molar-refractivity contribution is 4.88. The van der Waals surface area contributed by atoms with E-state index < -0.39 is 0 Å². The van der Waals surface area contributed by atoms with Gasteiger partial charge >= 0.3 is 0 Å². The highest BCUT2D eigenvalue weighted by Gasteiger charge is 2.29. The summed E-state index contributed by atoms with van der Waals surface area (Å²) in [5, 5.41) is 3.36. The largest absolute Gasteiger partial charge is 0.314 e. The molecule has 1 atom stereocenters. The van der Waals surface area contributed by atoms with Gasteiger partial charge < -0.3 is 5.32 Å². The molecule has 1 unspecified atom stereocenters. The number of piperidine rings is 1.